The van der Waals surface area contributed by atoms with E-state index in [1.165, 1.54) is 5.69 Å². The molecule has 1 aliphatic rings. The molecule has 1 aromatic heterocycles. The number of nitrogens with zero attached hydrogens (tertiary/aromatic N) is 3. The zero-order chi connectivity index (χ0) is 16.9. The van der Waals surface area contributed by atoms with Crippen LogP contribution < -0.4 is 0 Å². The third kappa shape index (κ3) is 4.03. The van der Waals surface area contributed by atoms with Gasteiger partial charge in [0.1, 0.15) is 12.4 Å². The van der Waals surface area contributed by atoms with Crippen molar-refractivity contribution in [3.05, 3.63) is 53.6 Å². The Balaban J connectivity index is 1.44. The lowest BCUT2D eigenvalue weighted by Gasteiger charge is -2.17. The molecule has 0 N–H and O–H groups in total. The summed E-state index contributed by atoms with van der Waals surface area (Å²) in [4.78, 5) is 18.6. The SMILES string of the molecule is Cc1cnc(C)n1C[C@H]1CCN(C(=O)COCc2ccccc2)C1. The number of aromatic nitrogens is 2. The van der Waals surface area contributed by atoms with Crippen LogP contribution in [0.3, 0.4) is 0 Å². The normalized spacial score (nSPS) is 17.4. The highest BCUT2D eigenvalue weighted by atomic mass is 16.5. The zero-order valence-corrected chi connectivity index (χ0v) is 14.4. The number of benzene rings is 1. The van der Waals surface area contributed by atoms with E-state index in [1.54, 1.807) is 0 Å². The summed E-state index contributed by atoms with van der Waals surface area (Å²) in [7, 11) is 0. The van der Waals surface area contributed by atoms with E-state index in [4.69, 9.17) is 4.74 Å². The number of rotatable bonds is 6. The van der Waals surface area contributed by atoms with Crippen LogP contribution in [-0.4, -0.2) is 40.1 Å². The third-order valence-corrected chi connectivity index (χ3v) is 4.67. The minimum atomic E-state index is 0.0903. The first-order valence-electron chi connectivity index (χ1n) is 8.51. The van der Waals surface area contributed by atoms with Crippen LogP contribution in [0.15, 0.2) is 36.5 Å². The van der Waals surface area contributed by atoms with Crippen molar-refractivity contribution in [2.24, 2.45) is 5.92 Å². The van der Waals surface area contributed by atoms with Gasteiger partial charge in [-0.25, -0.2) is 4.98 Å². The maximum Gasteiger partial charge on any atom is 0.248 e. The molecule has 1 aliphatic heterocycles. The van der Waals surface area contributed by atoms with Gasteiger partial charge in [-0.1, -0.05) is 30.3 Å². The smallest absolute Gasteiger partial charge is 0.248 e. The molecule has 1 amide bonds. The molecule has 0 radical (unpaired) electrons. The Morgan fingerprint density at radius 2 is 2.08 bits per heavy atom. The molecule has 1 atom stereocenters. The number of aryl methyl sites for hydroxylation is 2. The summed E-state index contributed by atoms with van der Waals surface area (Å²) in [5.41, 5.74) is 2.28. The van der Waals surface area contributed by atoms with Gasteiger partial charge in [0.15, 0.2) is 0 Å². The summed E-state index contributed by atoms with van der Waals surface area (Å²) in [5.74, 6) is 1.63. The van der Waals surface area contributed by atoms with Crippen LogP contribution in [-0.2, 0) is 22.7 Å². The number of amides is 1. The van der Waals surface area contributed by atoms with Crippen molar-refractivity contribution in [1.29, 1.82) is 0 Å². The van der Waals surface area contributed by atoms with E-state index in [0.29, 0.717) is 12.5 Å². The van der Waals surface area contributed by atoms with Gasteiger partial charge in [-0.15, -0.1) is 0 Å². The molecule has 0 unspecified atom stereocenters. The Kier molecular flexibility index (Phi) is 5.30. The fraction of sp³-hybridized carbons (Fsp3) is 0.474. The summed E-state index contributed by atoms with van der Waals surface area (Å²) < 4.78 is 7.81. The average molecular weight is 327 g/mol. The molecule has 0 spiro atoms. The number of imidazole rings is 1. The molecule has 0 saturated carbocycles. The molecular weight excluding hydrogens is 302 g/mol. The predicted molar refractivity (Wildman–Crippen MR) is 92.5 cm³/mol. The maximum absolute atomic E-state index is 12.3. The fourth-order valence-electron chi connectivity index (χ4n) is 3.25. The second kappa shape index (κ2) is 7.62. The summed E-state index contributed by atoms with van der Waals surface area (Å²) in [5, 5.41) is 0. The Hall–Kier alpha value is -2.14. The van der Waals surface area contributed by atoms with E-state index in [-0.39, 0.29) is 12.5 Å². The van der Waals surface area contributed by atoms with Gasteiger partial charge >= 0.3 is 0 Å². The molecule has 2 heterocycles. The van der Waals surface area contributed by atoms with Crippen LogP contribution in [0.1, 0.15) is 23.5 Å². The molecule has 0 aliphatic carbocycles. The number of carbonyl (C=O) groups is 1. The van der Waals surface area contributed by atoms with Gasteiger partial charge in [-0.3, -0.25) is 4.79 Å². The summed E-state index contributed by atoms with van der Waals surface area (Å²) in [6.07, 6.45) is 2.95. The van der Waals surface area contributed by atoms with Crippen LogP contribution in [0.4, 0.5) is 0 Å². The molecule has 5 nitrogen and oxygen atoms in total. The van der Waals surface area contributed by atoms with Crippen molar-refractivity contribution in [2.75, 3.05) is 19.7 Å². The van der Waals surface area contributed by atoms with Crippen molar-refractivity contribution in [2.45, 2.75) is 33.4 Å². The van der Waals surface area contributed by atoms with Crippen LogP contribution in [0, 0.1) is 19.8 Å². The largest absolute Gasteiger partial charge is 0.367 e. The number of likely N-dealkylation sites (tertiary alicyclic amines) is 1. The Labute approximate surface area is 143 Å². The lowest BCUT2D eigenvalue weighted by molar-refractivity contribution is -0.135. The molecule has 0 bridgehead atoms. The highest BCUT2D eigenvalue weighted by Gasteiger charge is 2.27. The van der Waals surface area contributed by atoms with Crippen molar-refractivity contribution >= 4 is 5.91 Å². The quantitative estimate of drug-likeness (QED) is 0.819. The Morgan fingerprint density at radius 1 is 1.29 bits per heavy atom. The van der Waals surface area contributed by atoms with Crippen molar-refractivity contribution < 1.29 is 9.53 Å². The highest BCUT2D eigenvalue weighted by Crippen LogP contribution is 2.20. The van der Waals surface area contributed by atoms with Crippen molar-refractivity contribution in [1.82, 2.24) is 14.5 Å². The number of hydrogen-bond acceptors (Lipinski definition) is 3. The van der Waals surface area contributed by atoms with E-state index in [1.807, 2.05) is 48.4 Å². The molecule has 3 rings (SSSR count). The van der Waals surface area contributed by atoms with E-state index in [0.717, 1.165) is 37.4 Å². The van der Waals surface area contributed by atoms with Crippen LogP contribution in [0.2, 0.25) is 0 Å². The van der Waals surface area contributed by atoms with Gasteiger partial charge in [0.2, 0.25) is 5.91 Å². The second-order valence-corrected chi connectivity index (χ2v) is 6.53. The summed E-state index contributed by atoms with van der Waals surface area (Å²) in [6, 6.07) is 9.94. The fourth-order valence-corrected chi connectivity index (χ4v) is 3.25. The maximum atomic E-state index is 12.3. The van der Waals surface area contributed by atoms with E-state index < -0.39 is 0 Å². The predicted octanol–water partition coefficient (Wildman–Crippen LogP) is 2.57. The standard InChI is InChI=1S/C19H25N3O2/c1-15-10-20-16(2)22(15)12-18-8-9-21(11-18)19(23)14-24-13-17-6-4-3-5-7-17/h3-7,10,18H,8-9,11-14H2,1-2H3/t18-/m0/s1. The van der Waals surface area contributed by atoms with E-state index in [9.17, 15) is 4.79 Å². The van der Waals surface area contributed by atoms with Gasteiger partial charge in [-0.2, -0.15) is 0 Å². The molecule has 1 saturated heterocycles. The minimum absolute atomic E-state index is 0.0903. The van der Waals surface area contributed by atoms with Gasteiger partial charge in [0.25, 0.3) is 0 Å². The van der Waals surface area contributed by atoms with Crippen LogP contribution in [0.5, 0.6) is 0 Å². The molecule has 128 valence electrons. The van der Waals surface area contributed by atoms with Crippen LogP contribution in [0.25, 0.3) is 0 Å². The minimum Gasteiger partial charge on any atom is -0.367 e. The monoisotopic (exact) mass is 327 g/mol. The summed E-state index contributed by atoms with van der Waals surface area (Å²) >= 11 is 0. The first-order valence-corrected chi connectivity index (χ1v) is 8.51. The van der Waals surface area contributed by atoms with Crippen molar-refractivity contribution in [3.8, 4) is 0 Å². The number of ether oxygens (including phenoxy) is 1. The Morgan fingerprint density at radius 3 is 2.79 bits per heavy atom. The van der Waals surface area contributed by atoms with Gasteiger partial charge in [0, 0.05) is 31.5 Å². The van der Waals surface area contributed by atoms with E-state index in [2.05, 4.69) is 16.5 Å². The molecule has 1 aromatic carbocycles. The molecule has 24 heavy (non-hydrogen) atoms. The first kappa shape index (κ1) is 16.7. The molecular formula is C19H25N3O2. The molecule has 2 aromatic rings. The lowest BCUT2D eigenvalue weighted by Crippen LogP contribution is -2.32. The lowest BCUT2D eigenvalue weighted by atomic mass is 10.1. The Bertz CT molecular complexity index is 662. The second-order valence-electron chi connectivity index (χ2n) is 6.53. The summed E-state index contributed by atoms with van der Waals surface area (Å²) in [6.45, 7) is 7.32. The van der Waals surface area contributed by atoms with Crippen LogP contribution >= 0.6 is 0 Å². The van der Waals surface area contributed by atoms with Gasteiger partial charge < -0.3 is 14.2 Å². The molecule has 1 fully saturated rings. The van der Waals surface area contributed by atoms with Crippen molar-refractivity contribution in [3.63, 3.8) is 0 Å². The van der Waals surface area contributed by atoms with Gasteiger partial charge in [-0.05, 0) is 31.7 Å². The molecule has 5 heteroatoms. The topological polar surface area (TPSA) is 47.4 Å². The van der Waals surface area contributed by atoms with Gasteiger partial charge in [0.05, 0.1) is 6.61 Å². The average Bonchev–Trinajstić information content (AvgIpc) is 3.18. The highest BCUT2D eigenvalue weighted by molar-refractivity contribution is 5.77. The first-order chi connectivity index (χ1) is 11.6. The zero-order valence-electron chi connectivity index (χ0n) is 14.4. The number of carbonyl (C=O) groups excluding carboxylic acids is 1. The third-order valence-electron chi connectivity index (χ3n) is 4.67. The van der Waals surface area contributed by atoms with E-state index >= 15 is 0 Å². The number of hydrogen-bond donors (Lipinski definition) is 0.